The second-order valence-electron chi connectivity index (χ2n) is 5.83. The summed E-state index contributed by atoms with van der Waals surface area (Å²) in [4.78, 5) is 29.9. The Balaban J connectivity index is 1.72. The van der Waals surface area contributed by atoms with Crippen LogP contribution in [0.4, 0.5) is 0 Å². The Bertz CT molecular complexity index is 361. The highest BCUT2D eigenvalue weighted by molar-refractivity contribution is 5.80. The van der Waals surface area contributed by atoms with Gasteiger partial charge < -0.3 is 20.3 Å². The lowest BCUT2D eigenvalue weighted by Crippen LogP contribution is -2.53. The Labute approximate surface area is 126 Å². The number of rotatable bonds is 4. The molecule has 120 valence electrons. The first-order valence-electron chi connectivity index (χ1n) is 7.67. The van der Waals surface area contributed by atoms with E-state index in [2.05, 4.69) is 4.90 Å². The molecule has 1 unspecified atom stereocenters. The molecule has 0 radical (unpaired) electrons. The maximum Gasteiger partial charge on any atom is 0.236 e. The molecular weight excluding hydrogens is 272 g/mol. The highest BCUT2D eigenvalue weighted by Crippen LogP contribution is 2.06. The van der Waals surface area contributed by atoms with Crippen LogP contribution in [0.15, 0.2) is 0 Å². The van der Waals surface area contributed by atoms with Gasteiger partial charge in [-0.15, -0.1) is 0 Å². The molecule has 2 aliphatic rings. The van der Waals surface area contributed by atoms with E-state index in [0.29, 0.717) is 52.4 Å². The average Bonchev–Trinajstić information content (AvgIpc) is 2.47. The molecule has 7 heteroatoms. The number of hydrogen-bond acceptors (Lipinski definition) is 5. The van der Waals surface area contributed by atoms with Crippen molar-refractivity contribution < 1.29 is 14.3 Å². The summed E-state index contributed by atoms with van der Waals surface area (Å²) in [5.74, 6) is 0.237. The molecule has 0 aliphatic carbocycles. The first kappa shape index (κ1) is 16.2. The van der Waals surface area contributed by atoms with E-state index in [-0.39, 0.29) is 17.9 Å². The van der Waals surface area contributed by atoms with Crippen LogP contribution >= 0.6 is 0 Å². The Hall–Kier alpha value is -1.18. The van der Waals surface area contributed by atoms with Crippen LogP contribution in [0.25, 0.3) is 0 Å². The third kappa shape index (κ3) is 4.94. The Morgan fingerprint density at radius 1 is 1.00 bits per heavy atom. The van der Waals surface area contributed by atoms with Crippen molar-refractivity contribution in [3.63, 3.8) is 0 Å². The van der Waals surface area contributed by atoms with Gasteiger partial charge in [-0.3, -0.25) is 14.5 Å². The van der Waals surface area contributed by atoms with Crippen molar-refractivity contribution in [2.75, 3.05) is 59.0 Å². The predicted octanol–water partition coefficient (Wildman–Crippen LogP) is -1.27. The molecule has 21 heavy (non-hydrogen) atoms. The van der Waals surface area contributed by atoms with Crippen molar-refractivity contribution in [3.8, 4) is 0 Å². The Kier molecular flexibility index (Phi) is 5.96. The Morgan fingerprint density at radius 2 is 1.52 bits per heavy atom. The third-order valence-corrected chi connectivity index (χ3v) is 3.94. The lowest BCUT2D eigenvalue weighted by atomic mass is 10.2. The summed E-state index contributed by atoms with van der Waals surface area (Å²) in [5, 5.41) is 0. The first-order chi connectivity index (χ1) is 10.1. The zero-order valence-electron chi connectivity index (χ0n) is 12.8. The van der Waals surface area contributed by atoms with Crippen LogP contribution in [0.1, 0.15) is 13.3 Å². The molecule has 2 heterocycles. The van der Waals surface area contributed by atoms with E-state index in [1.807, 2.05) is 16.7 Å². The fraction of sp³-hybridized carbons (Fsp3) is 0.857. The van der Waals surface area contributed by atoms with Gasteiger partial charge in [-0.05, 0) is 6.92 Å². The summed E-state index contributed by atoms with van der Waals surface area (Å²) in [5.41, 5.74) is 5.65. The summed E-state index contributed by atoms with van der Waals surface area (Å²) in [6.07, 6.45) is 0.377. The van der Waals surface area contributed by atoms with Crippen LogP contribution < -0.4 is 5.73 Å². The van der Waals surface area contributed by atoms with Gasteiger partial charge in [0.25, 0.3) is 0 Å². The van der Waals surface area contributed by atoms with Crippen molar-refractivity contribution in [2.45, 2.75) is 19.4 Å². The summed E-state index contributed by atoms with van der Waals surface area (Å²) < 4.78 is 5.28. The molecule has 0 aromatic heterocycles. The standard InChI is InChI=1S/C14H26N4O3/c1-12(15)10-13(19)17-2-4-18(5-3-17)14(20)11-16-6-8-21-9-7-16/h12H,2-11,15H2,1H3. The number of piperazine rings is 1. The van der Waals surface area contributed by atoms with E-state index in [9.17, 15) is 9.59 Å². The van der Waals surface area contributed by atoms with Gasteiger partial charge in [0, 0.05) is 51.7 Å². The minimum absolute atomic E-state index is 0.0882. The maximum atomic E-state index is 12.2. The van der Waals surface area contributed by atoms with E-state index in [0.717, 1.165) is 13.1 Å². The highest BCUT2D eigenvalue weighted by Gasteiger charge is 2.25. The molecule has 2 amide bonds. The van der Waals surface area contributed by atoms with Gasteiger partial charge >= 0.3 is 0 Å². The fourth-order valence-corrected chi connectivity index (χ4v) is 2.66. The first-order valence-corrected chi connectivity index (χ1v) is 7.67. The van der Waals surface area contributed by atoms with Crippen LogP contribution in [0.3, 0.4) is 0 Å². The largest absolute Gasteiger partial charge is 0.379 e. The molecule has 2 N–H and O–H groups in total. The molecule has 7 nitrogen and oxygen atoms in total. The lowest BCUT2D eigenvalue weighted by Gasteiger charge is -2.36. The van der Waals surface area contributed by atoms with E-state index in [1.165, 1.54) is 0 Å². The SMILES string of the molecule is CC(N)CC(=O)N1CCN(C(=O)CN2CCOCC2)CC1. The van der Waals surface area contributed by atoms with Crippen LogP contribution in [0.2, 0.25) is 0 Å². The maximum absolute atomic E-state index is 12.2. The third-order valence-electron chi connectivity index (χ3n) is 3.94. The molecule has 2 aliphatic heterocycles. The quantitative estimate of drug-likeness (QED) is 0.700. The van der Waals surface area contributed by atoms with E-state index >= 15 is 0 Å². The van der Waals surface area contributed by atoms with E-state index in [1.54, 1.807) is 0 Å². The highest BCUT2D eigenvalue weighted by atomic mass is 16.5. The van der Waals surface area contributed by atoms with E-state index < -0.39 is 0 Å². The molecule has 1 atom stereocenters. The number of carbonyl (C=O) groups is 2. The normalized spacial score (nSPS) is 22.2. The summed E-state index contributed by atoms with van der Waals surface area (Å²) in [6.45, 7) is 7.79. The molecule has 0 saturated carbocycles. The van der Waals surface area contributed by atoms with Crippen molar-refractivity contribution in [1.29, 1.82) is 0 Å². The minimum atomic E-state index is -0.113. The van der Waals surface area contributed by atoms with Gasteiger partial charge in [0.2, 0.25) is 11.8 Å². The molecule has 0 aromatic rings. The van der Waals surface area contributed by atoms with Gasteiger partial charge in [-0.1, -0.05) is 0 Å². The molecule has 2 saturated heterocycles. The van der Waals surface area contributed by atoms with Gasteiger partial charge in [-0.2, -0.15) is 0 Å². The number of carbonyl (C=O) groups excluding carboxylic acids is 2. The number of morpholine rings is 1. The Morgan fingerprint density at radius 3 is 2.05 bits per heavy atom. The van der Waals surface area contributed by atoms with Crippen molar-refractivity contribution >= 4 is 11.8 Å². The number of hydrogen-bond donors (Lipinski definition) is 1. The smallest absolute Gasteiger partial charge is 0.236 e. The monoisotopic (exact) mass is 298 g/mol. The summed E-state index contributed by atoms with van der Waals surface area (Å²) in [6, 6.07) is -0.113. The molecule has 0 spiro atoms. The summed E-state index contributed by atoms with van der Waals surface area (Å²) >= 11 is 0. The van der Waals surface area contributed by atoms with Gasteiger partial charge in [0.1, 0.15) is 0 Å². The number of amides is 2. The van der Waals surface area contributed by atoms with Crippen LogP contribution in [-0.2, 0) is 14.3 Å². The molecular formula is C14H26N4O3. The van der Waals surface area contributed by atoms with Crippen LogP contribution in [0.5, 0.6) is 0 Å². The number of ether oxygens (including phenoxy) is 1. The van der Waals surface area contributed by atoms with Gasteiger partial charge in [0.15, 0.2) is 0 Å². The minimum Gasteiger partial charge on any atom is -0.379 e. The second-order valence-corrected chi connectivity index (χ2v) is 5.83. The molecule has 2 fully saturated rings. The average molecular weight is 298 g/mol. The number of nitrogens with zero attached hydrogens (tertiary/aromatic N) is 3. The topological polar surface area (TPSA) is 79.1 Å². The molecule has 0 aromatic carbocycles. The summed E-state index contributed by atoms with van der Waals surface area (Å²) in [7, 11) is 0. The van der Waals surface area contributed by atoms with Gasteiger partial charge in [-0.25, -0.2) is 0 Å². The fourth-order valence-electron chi connectivity index (χ4n) is 2.66. The van der Waals surface area contributed by atoms with Gasteiger partial charge in [0.05, 0.1) is 19.8 Å². The molecule has 2 rings (SSSR count). The molecule has 0 bridgehead atoms. The van der Waals surface area contributed by atoms with Crippen LogP contribution in [0, 0.1) is 0 Å². The van der Waals surface area contributed by atoms with Crippen molar-refractivity contribution in [1.82, 2.24) is 14.7 Å². The van der Waals surface area contributed by atoms with Crippen molar-refractivity contribution in [3.05, 3.63) is 0 Å². The zero-order chi connectivity index (χ0) is 15.2. The van der Waals surface area contributed by atoms with Crippen LogP contribution in [-0.4, -0.2) is 91.6 Å². The zero-order valence-corrected chi connectivity index (χ0v) is 12.8. The second kappa shape index (κ2) is 7.72. The van der Waals surface area contributed by atoms with E-state index in [4.69, 9.17) is 10.5 Å². The predicted molar refractivity (Wildman–Crippen MR) is 78.7 cm³/mol. The van der Waals surface area contributed by atoms with Crippen molar-refractivity contribution in [2.24, 2.45) is 5.73 Å². The lowest BCUT2D eigenvalue weighted by molar-refractivity contribution is -0.140. The number of nitrogens with two attached hydrogens (primary N) is 1.